The maximum atomic E-state index is 5.94. The Balaban J connectivity index is 1.84. The average molecular weight is 279 g/mol. The lowest BCUT2D eigenvalue weighted by molar-refractivity contribution is 0.526. The Kier molecular flexibility index (Phi) is 3.96. The maximum Gasteiger partial charge on any atom is 0.134 e. The number of rotatable bonds is 5. The number of anilines is 1. The number of hydrogen-bond donors (Lipinski definition) is 1. The van der Waals surface area contributed by atoms with Crippen molar-refractivity contribution in [3.8, 4) is 0 Å². The zero-order valence-corrected chi connectivity index (χ0v) is 12.6. The number of hydrogen-bond acceptors (Lipinski definition) is 2. The second kappa shape index (κ2) is 6.04. The normalized spacial score (nSPS) is 12.5. The molecule has 3 rings (SSSR count). The zero-order chi connectivity index (χ0) is 14.7. The first-order valence-corrected chi connectivity index (χ1v) is 7.61. The van der Waals surface area contributed by atoms with E-state index in [4.69, 9.17) is 4.42 Å². The van der Waals surface area contributed by atoms with Crippen molar-refractivity contribution in [1.29, 1.82) is 0 Å². The van der Waals surface area contributed by atoms with Gasteiger partial charge in [-0.3, -0.25) is 0 Å². The first-order chi connectivity index (χ1) is 10.3. The summed E-state index contributed by atoms with van der Waals surface area (Å²) in [5, 5.41) is 4.73. The van der Waals surface area contributed by atoms with Crippen LogP contribution in [0.5, 0.6) is 0 Å². The summed E-state index contributed by atoms with van der Waals surface area (Å²) < 4.78 is 5.94. The predicted molar refractivity (Wildman–Crippen MR) is 88.7 cm³/mol. The quantitative estimate of drug-likeness (QED) is 0.661. The van der Waals surface area contributed by atoms with Gasteiger partial charge in [-0.2, -0.15) is 0 Å². The van der Waals surface area contributed by atoms with Crippen molar-refractivity contribution in [1.82, 2.24) is 0 Å². The van der Waals surface area contributed by atoms with E-state index in [1.807, 2.05) is 18.2 Å². The minimum absolute atomic E-state index is 0.149. The summed E-state index contributed by atoms with van der Waals surface area (Å²) in [7, 11) is 0. The third kappa shape index (κ3) is 2.94. The molecule has 2 nitrogen and oxygen atoms in total. The fourth-order valence-electron chi connectivity index (χ4n) is 2.67. The van der Waals surface area contributed by atoms with Gasteiger partial charge in [0.1, 0.15) is 11.3 Å². The molecule has 2 heteroatoms. The van der Waals surface area contributed by atoms with E-state index in [9.17, 15) is 0 Å². The lowest BCUT2D eigenvalue weighted by Gasteiger charge is -2.16. The fraction of sp³-hybridized carbons (Fsp3) is 0.263. The summed E-state index contributed by atoms with van der Waals surface area (Å²) in [6.45, 7) is 4.35. The molecule has 1 aromatic heterocycles. The molecular formula is C19H21NO. The van der Waals surface area contributed by atoms with Gasteiger partial charge in [-0.25, -0.2) is 0 Å². The second-order valence-electron chi connectivity index (χ2n) is 5.46. The Morgan fingerprint density at radius 2 is 1.81 bits per heavy atom. The number of furan rings is 1. The Bertz CT molecular complexity index is 696. The number of para-hydroxylation sites is 2. The number of nitrogens with one attached hydrogen (secondary N) is 1. The fourth-order valence-corrected chi connectivity index (χ4v) is 2.67. The summed E-state index contributed by atoms with van der Waals surface area (Å²) in [6.07, 6.45) is 2.24. The molecule has 0 saturated heterocycles. The van der Waals surface area contributed by atoms with Gasteiger partial charge in [0.25, 0.3) is 0 Å². The third-order valence-electron chi connectivity index (χ3n) is 3.78. The second-order valence-corrected chi connectivity index (χ2v) is 5.46. The van der Waals surface area contributed by atoms with Crippen molar-refractivity contribution < 1.29 is 4.42 Å². The minimum Gasteiger partial charge on any atom is -0.459 e. The Morgan fingerprint density at radius 1 is 1.05 bits per heavy atom. The van der Waals surface area contributed by atoms with Gasteiger partial charge in [-0.1, -0.05) is 49.7 Å². The van der Waals surface area contributed by atoms with Crippen LogP contribution >= 0.6 is 0 Å². The van der Waals surface area contributed by atoms with Crippen LogP contribution in [0.1, 0.15) is 37.6 Å². The van der Waals surface area contributed by atoms with Gasteiger partial charge >= 0.3 is 0 Å². The molecule has 0 radical (unpaired) electrons. The van der Waals surface area contributed by atoms with Crippen LogP contribution in [0.25, 0.3) is 11.0 Å². The molecule has 0 aliphatic heterocycles. The zero-order valence-electron chi connectivity index (χ0n) is 12.6. The lowest BCUT2D eigenvalue weighted by Crippen LogP contribution is -2.07. The molecule has 0 fully saturated rings. The minimum atomic E-state index is 0.149. The average Bonchev–Trinajstić information content (AvgIpc) is 2.93. The summed E-state index contributed by atoms with van der Waals surface area (Å²) in [6, 6.07) is 18.9. The van der Waals surface area contributed by atoms with Crippen LogP contribution < -0.4 is 5.32 Å². The van der Waals surface area contributed by atoms with Gasteiger partial charge in [0.05, 0.1) is 6.04 Å². The SMILES string of the molecule is CCCc1ccccc1NC(C)c1cc2ccccc2o1. The molecule has 0 aliphatic rings. The smallest absolute Gasteiger partial charge is 0.134 e. The van der Waals surface area contributed by atoms with E-state index in [2.05, 4.69) is 55.6 Å². The van der Waals surface area contributed by atoms with Crippen molar-refractivity contribution in [2.75, 3.05) is 5.32 Å². The van der Waals surface area contributed by atoms with Crippen LogP contribution in [0.2, 0.25) is 0 Å². The molecule has 2 aromatic carbocycles. The van der Waals surface area contributed by atoms with Crippen LogP contribution in [-0.2, 0) is 6.42 Å². The highest BCUT2D eigenvalue weighted by atomic mass is 16.3. The number of benzene rings is 2. The maximum absolute atomic E-state index is 5.94. The van der Waals surface area contributed by atoms with E-state index in [0.29, 0.717) is 0 Å². The lowest BCUT2D eigenvalue weighted by atomic mass is 10.1. The molecule has 21 heavy (non-hydrogen) atoms. The Labute approximate surface area is 125 Å². The molecule has 3 aromatic rings. The highest BCUT2D eigenvalue weighted by Crippen LogP contribution is 2.27. The van der Waals surface area contributed by atoms with Gasteiger partial charge < -0.3 is 9.73 Å². The topological polar surface area (TPSA) is 25.2 Å². The van der Waals surface area contributed by atoms with Crippen molar-refractivity contribution in [2.45, 2.75) is 32.7 Å². The molecule has 1 atom stereocenters. The first-order valence-electron chi connectivity index (χ1n) is 7.61. The van der Waals surface area contributed by atoms with E-state index in [0.717, 1.165) is 29.6 Å². The monoisotopic (exact) mass is 279 g/mol. The molecule has 0 amide bonds. The highest BCUT2D eigenvalue weighted by Gasteiger charge is 2.12. The largest absolute Gasteiger partial charge is 0.459 e. The van der Waals surface area contributed by atoms with Crippen molar-refractivity contribution in [3.63, 3.8) is 0 Å². The summed E-state index contributed by atoms with van der Waals surface area (Å²) in [5.74, 6) is 0.975. The molecule has 108 valence electrons. The van der Waals surface area contributed by atoms with E-state index in [1.54, 1.807) is 0 Å². The van der Waals surface area contributed by atoms with Gasteiger partial charge in [0.15, 0.2) is 0 Å². The van der Waals surface area contributed by atoms with E-state index in [1.165, 1.54) is 11.3 Å². The summed E-state index contributed by atoms with van der Waals surface area (Å²) in [5.41, 5.74) is 3.51. The summed E-state index contributed by atoms with van der Waals surface area (Å²) >= 11 is 0. The molecule has 0 bridgehead atoms. The van der Waals surface area contributed by atoms with Crippen molar-refractivity contribution in [2.24, 2.45) is 0 Å². The van der Waals surface area contributed by atoms with Gasteiger partial charge in [-0.15, -0.1) is 0 Å². The van der Waals surface area contributed by atoms with Crippen LogP contribution in [0.4, 0.5) is 5.69 Å². The van der Waals surface area contributed by atoms with Crippen molar-refractivity contribution >= 4 is 16.7 Å². The van der Waals surface area contributed by atoms with E-state index >= 15 is 0 Å². The highest BCUT2D eigenvalue weighted by molar-refractivity contribution is 5.77. The number of aryl methyl sites for hydroxylation is 1. The molecule has 1 unspecified atom stereocenters. The van der Waals surface area contributed by atoms with Crippen LogP contribution in [0, 0.1) is 0 Å². The summed E-state index contributed by atoms with van der Waals surface area (Å²) in [4.78, 5) is 0. The Hall–Kier alpha value is -2.22. The molecule has 0 saturated carbocycles. The molecule has 1 heterocycles. The van der Waals surface area contributed by atoms with Crippen LogP contribution in [-0.4, -0.2) is 0 Å². The Morgan fingerprint density at radius 3 is 2.62 bits per heavy atom. The first kappa shape index (κ1) is 13.7. The molecule has 0 spiro atoms. The van der Waals surface area contributed by atoms with Crippen LogP contribution in [0.15, 0.2) is 59.0 Å². The van der Waals surface area contributed by atoms with Gasteiger partial charge in [-0.05, 0) is 37.1 Å². The predicted octanol–water partition coefficient (Wildman–Crippen LogP) is 5.56. The van der Waals surface area contributed by atoms with Gasteiger partial charge in [0.2, 0.25) is 0 Å². The molecular weight excluding hydrogens is 258 g/mol. The van der Waals surface area contributed by atoms with Crippen LogP contribution in [0.3, 0.4) is 0 Å². The van der Waals surface area contributed by atoms with E-state index < -0.39 is 0 Å². The third-order valence-corrected chi connectivity index (χ3v) is 3.78. The van der Waals surface area contributed by atoms with E-state index in [-0.39, 0.29) is 6.04 Å². The van der Waals surface area contributed by atoms with Gasteiger partial charge in [0, 0.05) is 11.1 Å². The standard InChI is InChI=1S/C19H21NO/c1-3-8-15-9-4-6-11-17(15)20-14(2)19-13-16-10-5-7-12-18(16)21-19/h4-7,9-14,20H,3,8H2,1-2H3. The molecule has 0 aliphatic carbocycles. The number of fused-ring (bicyclic) bond motifs is 1. The van der Waals surface area contributed by atoms with Crippen molar-refractivity contribution in [3.05, 3.63) is 65.9 Å². The molecule has 1 N–H and O–H groups in total.